The summed E-state index contributed by atoms with van der Waals surface area (Å²) in [4.78, 5) is 15.0. The molecule has 0 heterocycles. The zero-order valence-electron chi connectivity index (χ0n) is 10.8. The first-order valence-electron chi connectivity index (χ1n) is 6.01. The molecule has 0 radical (unpaired) electrons. The molecule has 5 nitrogen and oxygen atoms in total. The molecule has 0 aromatic rings. The molecule has 0 fully saturated rings. The van der Waals surface area contributed by atoms with Crippen LogP contribution in [0.25, 0.3) is 0 Å². The second kappa shape index (κ2) is 13.5. The zero-order chi connectivity index (χ0) is 12.2. The maximum atomic E-state index is 11.1. The maximum Gasteiger partial charge on any atom is 0.241 e. The molecule has 0 aliphatic carbocycles. The number of likely N-dealkylation sites (N-methyl/N-ethyl adjacent to an activating group) is 1. The third-order valence-corrected chi connectivity index (χ3v) is 2.10. The Balaban J connectivity index is 0. The number of hydrogen-bond acceptors (Lipinski definition) is 2. The van der Waals surface area contributed by atoms with E-state index in [2.05, 4.69) is 22.5 Å². The lowest BCUT2D eigenvalue weighted by Crippen LogP contribution is -2.34. The van der Waals surface area contributed by atoms with E-state index in [1.807, 2.05) is 6.92 Å². The standard InChI is InChI=1S/C11H24N4O.HI/c1-3-5-6-7-8-14-11(12)15-9-10(16)13-4-2;/h3-9H2,1-2H3,(H,13,16)(H3,12,14,15);1H. The van der Waals surface area contributed by atoms with Gasteiger partial charge in [0, 0.05) is 13.1 Å². The molecule has 102 valence electrons. The minimum Gasteiger partial charge on any atom is -0.370 e. The van der Waals surface area contributed by atoms with Crippen molar-refractivity contribution in [3.05, 3.63) is 0 Å². The van der Waals surface area contributed by atoms with Gasteiger partial charge in [-0.3, -0.25) is 4.79 Å². The van der Waals surface area contributed by atoms with Crippen molar-refractivity contribution in [1.82, 2.24) is 10.6 Å². The number of nitrogens with zero attached hydrogens (tertiary/aromatic N) is 1. The van der Waals surface area contributed by atoms with E-state index in [1.54, 1.807) is 0 Å². The van der Waals surface area contributed by atoms with Gasteiger partial charge in [-0.05, 0) is 13.3 Å². The Morgan fingerprint density at radius 1 is 1.18 bits per heavy atom. The first-order valence-corrected chi connectivity index (χ1v) is 6.01. The van der Waals surface area contributed by atoms with Crippen molar-refractivity contribution in [3.63, 3.8) is 0 Å². The van der Waals surface area contributed by atoms with Crippen LogP contribution in [0.3, 0.4) is 0 Å². The van der Waals surface area contributed by atoms with Crippen molar-refractivity contribution in [3.8, 4) is 0 Å². The van der Waals surface area contributed by atoms with Crippen LogP contribution >= 0.6 is 24.0 Å². The van der Waals surface area contributed by atoms with Gasteiger partial charge < -0.3 is 16.4 Å². The normalized spacial score (nSPS) is 10.6. The highest BCUT2D eigenvalue weighted by Crippen LogP contribution is 1.96. The Hall–Kier alpha value is -0.530. The van der Waals surface area contributed by atoms with Crippen molar-refractivity contribution in [2.45, 2.75) is 39.5 Å². The molecule has 0 saturated heterocycles. The summed E-state index contributed by atoms with van der Waals surface area (Å²) < 4.78 is 0. The molecule has 6 heteroatoms. The highest BCUT2D eigenvalue weighted by molar-refractivity contribution is 14.0. The molecule has 0 rings (SSSR count). The van der Waals surface area contributed by atoms with Crippen LogP contribution in [0.15, 0.2) is 4.99 Å². The van der Waals surface area contributed by atoms with Crippen LogP contribution in [-0.2, 0) is 4.79 Å². The smallest absolute Gasteiger partial charge is 0.241 e. The van der Waals surface area contributed by atoms with Crippen LogP contribution in [0.1, 0.15) is 39.5 Å². The number of carbonyl (C=O) groups excluding carboxylic acids is 1. The Morgan fingerprint density at radius 2 is 1.88 bits per heavy atom. The summed E-state index contributed by atoms with van der Waals surface area (Å²) in [6.45, 7) is 5.59. The minimum absolute atomic E-state index is 0. The third-order valence-electron chi connectivity index (χ3n) is 2.10. The molecule has 0 bridgehead atoms. The van der Waals surface area contributed by atoms with Crippen molar-refractivity contribution >= 4 is 35.8 Å². The second-order valence-electron chi connectivity index (χ2n) is 3.64. The lowest BCUT2D eigenvalue weighted by molar-refractivity contribution is -0.119. The van der Waals surface area contributed by atoms with E-state index in [1.165, 1.54) is 19.3 Å². The second-order valence-corrected chi connectivity index (χ2v) is 3.64. The number of rotatable bonds is 8. The van der Waals surface area contributed by atoms with Crippen molar-refractivity contribution in [2.75, 3.05) is 19.6 Å². The molecule has 0 atom stereocenters. The van der Waals surface area contributed by atoms with Crippen molar-refractivity contribution in [1.29, 1.82) is 0 Å². The Labute approximate surface area is 121 Å². The lowest BCUT2D eigenvalue weighted by atomic mass is 10.2. The van der Waals surface area contributed by atoms with Gasteiger partial charge in [0.25, 0.3) is 0 Å². The van der Waals surface area contributed by atoms with Gasteiger partial charge in [0.1, 0.15) is 6.54 Å². The molecule has 0 aliphatic heterocycles. The molecule has 1 amide bonds. The van der Waals surface area contributed by atoms with Crippen molar-refractivity contribution in [2.24, 2.45) is 10.7 Å². The van der Waals surface area contributed by atoms with Gasteiger partial charge >= 0.3 is 0 Å². The largest absolute Gasteiger partial charge is 0.370 e. The average Bonchev–Trinajstić information content (AvgIpc) is 2.26. The lowest BCUT2D eigenvalue weighted by Gasteiger charge is -2.05. The van der Waals surface area contributed by atoms with Crippen LogP contribution < -0.4 is 16.4 Å². The molecule has 0 aliphatic rings. The number of aliphatic imine (C=N–C) groups is 1. The monoisotopic (exact) mass is 356 g/mol. The molecule has 0 aromatic carbocycles. The predicted molar refractivity (Wildman–Crippen MR) is 82.7 cm³/mol. The Morgan fingerprint density at radius 3 is 2.47 bits per heavy atom. The van der Waals surface area contributed by atoms with Crippen LogP contribution in [0, 0.1) is 0 Å². The molecular formula is C11H25IN4O. The summed E-state index contributed by atoms with van der Waals surface area (Å²) in [5.41, 5.74) is 5.59. The highest BCUT2D eigenvalue weighted by Gasteiger charge is 1.97. The van der Waals surface area contributed by atoms with E-state index in [9.17, 15) is 4.79 Å². The average molecular weight is 356 g/mol. The predicted octanol–water partition coefficient (Wildman–Crippen LogP) is 1.23. The Bertz CT molecular complexity index is 222. The topological polar surface area (TPSA) is 79.5 Å². The number of hydrogen-bond donors (Lipinski definition) is 3. The first kappa shape index (κ1) is 18.8. The fraction of sp³-hybridized carbons (Fsp3) is 0.818. The molecule has 0 saturated carbocycles. The number of unbranched alkanes of at least 4 members (excludes halogenated alkanes) is 3. The van der Waals surface area contributed by atoms with Gasteiger partial charge in [-0.15, -0.1) is 24.0 Å². The van der Waals surface area contributed by atoms with Crippen molar-refractivity contribution < 1.29 is 4.79 Å². The Kier molecular flexibility index (Phi) is 15.0. The van der Waals surface area contributed by atoms with Crippen LogP contribution in [0.5, 0.6) is 0 Å². The fourth-order valence-corrected chi connectivity index (χ4v) is 1.23. The van der Waals surface area contributed by atoms with Gasteiger partial charge in [0.2, 0.25) is 5.91 Å². The molecule has 0 aromatic heterocycles. The van der Waals surface area contributed by atoms with Crippen LogP contribution in [-0.4, -0.2) is 31.5 Å². The number of nitrogens with two attached hydrogens (primary N) is 1. The third kappa shape index (κ3) is 13.4. The van der Waals surface area contributed by atoms with Crippen LogP contribution in [0.4, 0.5) is 0 Å². The number of guanidine groups is 1. The first-order chi connectivity index (χ1) is 7.70. The summed E-state index contributed by atoms with van der Waals surface area (Å²) in [5.74, 6) is 0.251. The number of amides is 1. The summed E-state index contributed by atoms with van der Waals surface area (Å²) in [7, 11) is 0. The molecular weight excluding hydrogens is 331 g/mol. The summed E-state index contributed by atoms with van der Waals surface area (Å²) >= 11 is 0. The molecule has 4 N–H and O–H groups in total. The highest BCUT2D eigenvalue weighted by atomic mass is 127. The van der Waals surface area contributed by atoms with E-state index in [0.717, 1.165) is 13.0 Å². The molecule has 0 unspecified atom stereocenters. The van der Waals surface area contributed by atoms with Gasteiger partial charge in [-0.2, -0.15) is 0 Å². The van der Waals surface area contributed by atoms with Crippen LogP contribution in [0.2, 0.25) is 0 Å². The maximum absolute atomic E-state index is 11.1. The summed E-state index contributed by atoms with van der Waals surface area (Å²) in [6.07, 6.45) is 4.76. The van der Waals surface area contributed by atoms with Gasteiger partial charge in [-0.25, -0.2) is 4.99 Å². The summed E-state index contributed by atoms with van der Waals surface area (Å²) in [6, 6.07) is 0. The fourth-order valence-electron chi connectivity index (χ4n) is 1.23. The van der Waals surface area contributed by atoms with Gasteiger partial charge in [-0.1, -0.05) is 26.2 Å². The number of halogens is 1. The van der Waals surface area contributed by atoms with Gasteiger partial charge in [0.05, 0.1) is 0 Å². The van der Waals surface area contributed by atoms with E-state index >= 15 is 0 Å². The number of carbonyl (C=O) groups is 1. The van der Waals surface area contributed by atoms with Gasteiger partial charge in [0.15, 0.2) is 5.96 Å². The summed E-state index contributed by atoms with van der Waals surface area (Å²) in [5, 5.41) is 5.64. The van der Waals surface area contributed by atoms with E-state index in [0.29, 0.717) is 12.5 Å². The van der Waals surface area contributed by atoms with E-state index < -0.39 is 0 Å². The molecule has 17 heavy (non-hydrogen) atoms. The molecule has 0 spiro atoms. The zero-order valence-corrected chi connectivity index (χ0v) is 13.1. The number of nitrogens with one attached hydrogen (secondary N) is 2. The van der Waals surface area contributed by atoms with E-state index in [4.69, 9.17) is 5.73 Å². The van der Waals surface area contributed by atoms with E-state index in [-0.39, 0.29) is 36.4 Å². The SMILES string of the molecule is CCCCCCNC(N)=NCC(=O)NCC.I. The quantitative estimate of drug-likeness (QED) is 0.265. The minimum atomic E-state index is -0.0989.